The van der Waals surface area contributed by atoms with E-state index in [1.165, 1.54) is 6.07 Å². The molecule has 1 heterocycles. The van der Waals surface area contributed by atoms with Gasteiger partial charge in [-0.05, 0) is 30.2 Å². The second-order valence-corrected chi connectivity index (χ2v) is 6.97. The molecule has 1 fully saturated rings. The Morgan fingerprint density at radius 3 is 2.43 bits per heavy atom. The maximum absolute atomic E-state index is 13.1. The minimum Gasteiger partial charge on any atom is -0.325 e. The zero-order valence-corrected chi connectivity index (χ0v) is 16.1. The molecular formula is C21H20F3N3O3. The van der Waals surface area contributed by atoms with Crippen molar-refractivity contribution in [3.05, 3.63) is 65.7 Å². The predicted molar refractivity (Wildman–Crippen MR) is 103 cm³/mol. The van der Waals surface area contributed by atoms with E-state index in [-0.39, 0.29) is 5.69 Å². The molecule has 3 rings (SSSR count). The number of hydrogen-bond acceptors (Lipinski definition) is 3. The summed E-state index contributed by atoms with van der Waals surface area (Å²) >= 11 is 0. The van der Waals surface area contributed by atoms with Crippen molar-refractivity contribution >= 4 is 23.5 Å². The zero-order valence-electron chi connectivity index (χ0n) is 16.1. The second kappa shape index (κ2) is 8.17. The van der Waals surface area contributed by atoms with E-state index in [4.69, 9.17) is 0 Å². The van der Waals surface area contributed by atoms with Crippen molar-refractivity contribution in [2.45, 2.75) is 31.5 Å². The molecule has 4 amide bonds. The Morgan fingerprint density at radius 2 is 1.80 bits per heavy atom. The normalized spacial score (nSPS) is 19.0. The van der Waals surface area contributed by atoms with E-state index < -0.39 is 41.7 Å². The van der Waals surface area contributed by atoms with Gasteiger partial charge in [0.05, 0.1) is 5.56 Å². The highest BCUT2D eigenvalue weighted by Gasteiger charge is 2.52. The van der Waals surface area contributed by atoms with Crippen LogP contribution in [0.4, 0.5) is 23.7 Å². The molecule has 30 heavy (non-hydrogen) atoms. The third kappa shape index (κ3) is 4.14. The van der Waals surface area contributed by atoms with Crippen molar-refractivity contribution < 1.29 is 27.6 Å². The third-order valence-electron chi connectivity index (χ3n) is 4.84. The number of imide groups is 1. The molecular weight excluding hydrogens is 399 g/mol. The number of rotatable bonds is 6. The highest BCUT2D eigenvalue weighted by Crippen LogP contribution is 2.34. The zero-order chi connectivity index (χ0) is 21.9. The van der Waals surface area contributed by atoms with Crippen LogP contribution in [0.2, 0.25) is 0 Å². The molecule has 1 aliphatic heterocycles. The summed E-state index contributed by atoms with van der Waals surface area (Å²) in [6.07, 6.45) is -3.61. The minimum absolute atomic E-state index is 0.0789. The summed E-state index contributed by atoms with van der Waals surface area (Å²) in [5.74, 6) is -1.35. The molecule has 0 aromatic heterocycles. The molecule has 6 nitrogen and oxygen atoms in total. The standard InChI is InChI=1S/C21H20F3N3O3/c1-2-11-20(14-7-4-3-5-8-14)18(29)27(19(30)26-20)13-17(28)25-16-10-6-9-15(12-16)21(22,23)24/h3-10,12H,2,11,13H2,1H3,(H,25,28)(H,26,30). The molecule has 0 aliphatic carbocycles. The highest BCUT2D eigenvalue weighted by molar-refractivity contribution is 6.10. The molecule has 0 saturated carbocycles. The van der Waals surface area contributed by atoms with Crippen molar-refractivity contribution in [2.75, 3.05) is 11.9 Å². The van der Waals surface area contributed by atoms with E-state index in [1.807, 2.05) is 6.92 Å². The summed E-state index contributed by atoms with van der Waals surface area (Å²) in [5.41, 5.74) is -1.67. The number of amides is 4. The second-order valence-electron chi connectivity index (χ2n) is 6.97. The van der Waals surface area contributed by atoms with Crippen LogP contribution >= 0.6 is 0 Å². The van der Waals surface area contributed by atoms with Crippen LogP contribution < -0.4 is 10.6 Å². The Hall–Kier alpha value is -3.36. The van der Waals surface area contributed by atoms with Gasteiger partial charge in [-0.15, -0.1) is 0 Å². The molecule has 1 unspecified atom stereocenters. The van der Waals surface area contributed by atoms with Gasteiger partial charge in [-0.1, -0.05) is 49.7 Å². The topological polar surface area (TPSA) is 78.5 Å². The lowest BCUT2D eigenvalue weighted by atomic mass is 9.85. The van der Waals surface area contributed by atoms with Crippen LogP contribution in [0.3, 0.4) is 0 Å². The summed E-state index contributed by atoms with van der Waals surface area (Å²) < 4.78 is 38.5. The maximum Gasteiger partial charge on any atom is 0.416 e. The largest absolute Gasteiger partial charge is 0.416 e. The van der Waals surface area contributed by atoms with Crippen LogP contribution in [0, 0.1) is 0 Å². The van der Waals surface area contributed by atoms with Gasteiger partial charge < -0.3 is 10.6 Å². The monoisotopic (exact) mass is 419 g/mol. The van der Waals surface area contributed by atoms with E-state index in [1.54, 1.807) is 30.3 Å². The van der Waals surface area contributed by atoms with Crippen molar-refractivity contribution in [1.82, 2.24) is 10.2 Å². The summed E-state index contributed by atoms with van der Waals surface area (Å²) in [4.78, 5) is 38.7. The maximum atomic E-state index is 13.1. The fourth-order valence-electron chi connectivity index (χ4n) is 3.49. The Labute approximate surface area is 171 Å². The van der Waals surface area contributed by atoms with Gasteiger partial charge >= 0.3 is 12.2 Å². The fraction of sp³-hybridized carbons (Fsp3) is 0.286. The third-order valence-corrected chi connectivity index (χ3v) is 4.84. The Morgan fingerprint density at radius 1 is 1.10 bits per heavy atom. The first-order valence-electron chi connectivity index (χ1n) is 9.34. The van der Waals surface area contributed by atoms with Gasteiger partial charge in [-0.2, -0.15) is 13.2 Å². The lowest BCUT2D eigenvalue weighted by Gasteiger charge is -2.26. The summed E-state index contributed by atoms with van der Waals surface area (Å²) in [6, 6.07) is 12.1. The van der Waals surface area contributed by atoms with E-state index in [2.05, 4.69) is 10.6 Å². The average Bonchev–Trinajstić information content (AvgIpc) is 2.93. The molecule has 158 valence electrons. The smallest absolute Gasteiger partial charge is 0.325 e. The molecule has 1 atom stereocenters. The summed E-state index contributed by atoms with van der Waals surface area (Å²) in [7, 11) is 0. The lowest BCUT2D eigenvalue weighted by molar-refractivity contribution is -0.137. The predicted octanol–water partition coefficient (Wildman–Crippen LogP) is 3.89. The SMILES string of the molecule is CCCC1(c2ccccc2)NC(=O)N(CC(=O)Nc2cccc(C(F)(F)F)c2)C1=O. The van der Waals surface area contributed by atoms with Gasteiger partial charge in [-0.3, -0.25) is 14.5 Å². The van der Waals surface area contributed by atoms with E-state index in [9.17, 15) is 27.6 Å². The number of anilines is 1. The van der Waals surface area contributed by atoms with Crippen LogP contribution in [0.25, 0.3) is 0 Å². The van der Waals surface area contributed by atoms with Crippen molar-refractivity contribution in [2.24, 2.45) is 0 Å². The molecule has 9 heteroatoms. The number of nitrogens with zero attached hydrogens (tertiary/aromatic N) is 1. The fourth-order valence-corrected chi connectivity index (χ4v) is 3.49. The quantitative estimate of drug-likeness (QED) is 0.698. The molecule has 0 spiro atoms. The van der Waals surface area contributed by atoms with Gasteiger partial charge in [0.1, 0.15) is 12.1 Å². The number of hydrogen-bond donors (Lipinski definition) is 2. The van der Waals surface area contributed by atoms with Crippen molar-refractivity contribution in [3.8, 4) is 0 Å². The number of benzene rings is 2. The molecule has 2 aromatic rings. The lowest BCUT2D eigenvalue weighted by Crippen LogP contribution is -2.44. The van der Waals surface area contributed by atoms with Gasteiger partial charge in [0, 0.05) is 5.69 Å². The van der Waals surface area contributed by atoms with Crippen molar-refractivity contribution in [1.29, 1.82) is 0 Å². The Balaban J connectivity index is 1.78. The minimum atomic E-state index is -4.55. The first-order valence-corrected chi connectivity index (χ1v) is 9.34. The molecule has 1 aliphatic rings. The van der Waals surface area contributed by atoms with Crippen LogP contribution in [-0.4, -0.2) is 29.3 Å². The van der Waals surface area contributed by atoms with Gasteiger partial charge in [0.25, 0.3) is 5.91 Å². The number of carbonyl (C=O) groups excluding carboxylic acids is 3. The van der Waals surface area contributed by atoms with Crippen LogP contribution in [0.5, 0.6) is 0 Å². The van der Waals surface area contributed by atoms with Crippen molar-refractivity contribution in [3.63, 3.8) is 0 Å². The summed E-state index contributed by atoms with van der Waals surface area (Å²) in [6.45, 7) is 1.26. The number of carbonyl (C=O) groups is 3. The molecule has 0 radical (unpaired) electrons. The Kier molecular flexibility index (Phi) is 5.82. The number of nitrogens with one attached hydrogen (secondary N) is 2. The number of halogens is 3. The van der Waals surface area contributed by atoms with Crippen LogP contribution in [0.1, 0.15) is 30.9 Å². The molecule has 1 saturated heterocycles. The Bertz CT molecular complexity index is 963. The molecule has 0 bridgehead atoms. The first-order chi connectivity index (χ1) is 14.2. The van der Waals surface area contributed by atoms with E-state index in [0.29, 0.717) is 18.4 Å². The van der Waals surface area contributed by atoms with E-state index in [0.717, 1.165) is 23.1 Å². The van der Waals surface area contributed by atoms with Gasteiger partial charge in [0.15, 0.2) is 0 Å². The first kappa shape index (κ1) is 21.4. The van der Waals surface area contributed by atoms with E-state index >= 15 is 0 Å². The summed E-state index contributed by atoms with van der Waals surface area (Å²) in [5, 5.41) is 5.00. The van der Waals surface area contributed by atoms with Gasteiger partial charge in [-0.25, -0.2) is 4.79 Å². The van der Waals surface area contributed by atoms with Crippen LogP contribution in [-0.2, 0) is 21.3 Å². The molecule has 2 N–H and O–H groups in total. The highest BCUT2D eigenvalue weighted by atomic mass is 19.4. The molecule has 2 aromatic carbocycles. The number of alkyl halides is 3. The average molecular weight is 419 g/mol. The van der Waals surface area contributed by atoms with Gasteiger partial charge in [0.2, 0.25) is 5.91 Å². The van der Waals surface area contributed by atoms with Crippen LogP contribution in [0.15, 0.2) is 54.6 Å². The number of urea groups is 1.